The van der Waals surface area contributed by atoms with Gasteiger partial charge < -0.3 is 4.74 Å². The SMILES string of the molecule is COc1ccc(CN(O)c2ncn[nH]2)cc1. The molecule has 0 fully saturated rings. The van der Waals surface area contributed by atoms with Crippen LogP contribution in [-0.4, -0.2) is 27.5 Å². The number of anilines is 1. The van der Waals surface area contributed by atoms with Crippen LogP contribution in [-0.2, 0) is 6.54 Å². The quantitative estimate of drug-likeness (QED) is 0.757. The van der Waals surface area contributed by atoms with Crippen LogP contribution in [0.4, 0.5) is 5.95 Å². The highest BCUT2D eigenvalue weighted by atomic mass is 16.5. The average molecular weight is 220 g/mol. The molecule has 1 heterocycles. The number of nitrogens with zero attached hydrogens (tertiary/aromatic N) is 3. The summed E-state index contributed by atoms with van der Waals surface area (Å²) >= 11 is 0. The van der Waals surface area contributed by atoms with Gasteiger partial charge in [0.15, 0.2) is 0 Å². The normalized spacial score (nSPS) is 10.1. The smallest absolute Gasteiger partial charge is 0.245 e. The predicted octanol–water partition coefficient (Wildman–Crippen LogP) is 1.21. The van der Waals surface area contributed by atoms with E-state index in [4.69, 9.17) is 4.74 Å². The van der Waals surface area contributed by atoms with E-state index in [0.717, 1.165) is 16.4 Å². The second kappa shape index (κ2) is 4.63. The highest BCUT2D eigenvalue weighted by molar-refractivity contribution is 5.30. The van der Waals surface area contributed by atoms with Crippen LogP contribution >= 0.6 is 0 Å². The Bertz CT molecular complexity index is 427. The van der Waals surface area contributed by atoms with Gasteiger partial charge in [0.2, 0.25) is 5.95 Å². The Kier molecular flexibility index (Phi) is 3.02. The molecule has 0 unspecified atom stereocenters. The molecular formula is C10H12N4O2. The number of ether oxygens (including phenoxy) is 1. The fraction of sp³-hybridized carbons (Fsp3) is 0.200. The molecule has 0 radical (unpaired) electrons. The fourth-order valence-corrected chi connectivity index (χ4v) is 1.30. The Hall–Kier alpha value is -2.08. The van der Waals surface area contributed by atoms with Crippen LogP contribution in [0.1, 0.15) is 5.56 Å². The number of rotatable bonds is 4. The van der Waals surface area contributed by atoms with E-state index in [-0.39, 0.29) is 0 Å². The van der Waals surface area contributed by atoms with Crippen molar-refractivity contribution < 1.29 is 9.94 Å². The molecule has 0 saturated carbocycles. The van der Waals surface area contributed by atoms with E-state index in [1.165, 1.54) is 6.33 Å². The lowest BCUT2D eigenvalue weighted by atomic mass is 10.2. The summed E-state index contributed by atoms with van der Waals surface area (Å²) in [4.78, 5) is 3.83. The van der Waals surface area contributed by atoms with Crippen LogP contribution in [0.2, 0.25) is 0 Å². The summed E-state index contributed by atoms with van der Waals surface area (Å²) in [6, 6.07) is 7.42. The van der Waals surface area contributed by atoms with Gasteiger partial charge in [0.25, 0.3) is 0 Å². The molecule has 0 aliphatic heterocycles. The van der Waals surface area contributed by atoms with E-state index in [9.17, 15) is 5.21 Å². The van der Waals surface area contributed by atoms with Crippen LogP contribution in [0, 0.1) is 0 Å². The van der Waals surface area contributed by atoms with Crippen LogP contribution in [0.3, 0.4) is 0 Å². The number of methoxy groups -OCH3 is 1. The van der Waals surface area contributed by atoms with Crippen molar-refractivity contribution in [2.24, 2.45) is 0 Å². The Morgan fingerprint density at radius 3 is 2.69 bits per heavy atom. The molecule has 0 saturated heterocycles. The maximum atomic E-state index is 9.66. The first-order valence-electron chi connectivity index (χ1n) is 4.74. The molecular weight excluding hydrogens is 208 g/mol. The number of aromatic amines is 1. The number of hydrogen-bond donors (Lipinski definition) is 2. The molecule has 0 amide bonds. The molecule has 0 bridgehead atoms. The van der Waals surface area contributed by atoms with Gasteiger partial charge in [-0.15, -0.1) is 0 Å². The number of hydroxylamine groups is 1. The van der Waals surface area contributed by atoms with Gasteiger partial charge in [-0.1, -0.05) is 12.1 Å². The van der Waals surface area contributed by atoms with Gasteiger partial charge in [-0.3, -0.25) is 5.21 Å². The second-order valence-electron chi connectivity index (χ2n) is 3.21. The van der Waals surface area contributed by atoms with Crippen LogP contribution in [0.15, 0.2) is 30.6 Å². The van der Waals surface area contributed by atoms with E-state index in [0.29, 0.717) is 12.5 Å². The Balaban J connectivity index is 2.03. The van der Waals surface area contributed by atoms with Gasteiger partial charge in [0.1, 0.15) is 12.1 Å². The lowest BCUT2D eigenvalue weighted by Gasteiger charge is -2.12. The largest absolute Gasteiger partial charge is 0.497 e. The first-order chi connectivity index (χ1) is 7.79. The van der Waals surface area contributed by atoms with Crippen molar-refractivity contribution >= 4 is 5.95 Å². The third kappa shape index (κ3) is 2.29. The Morgan fingerprint density at radius 2 is 2.12 bits per heavy atom. The number of H-pyrrole nitrogens is 1. The van der Waals surface area contributed by atoms with Gasteiger partial charge in [-0.05, 0) is 17.7 Å². The first kappa shape index (κ1) is 10.4. The minimum atomic E-state index is 0.316. The molecule has 84 valence electrons. The van der Waals surface area contributed by atoms with Gasteiger partial charge in [-0.25, -0.2) is 10.2 Å². The number of benzene rings is 1. The number of aromatic nitrogens is 3. The molecule has 6 nitrogen and oxygen atoms in total. The minimum Gasteiger partial charge on any atom is -0.497 e. The van der Waals surface area contributed by atoms with Crippen LogP contribution in [0.25, 0.3) is 0 Å². The van der Waals surface area contributed by atoms with Crippen molar-refractivity contribution in [2.75, 3.05) is 12.2 Å². The van der Waals surface area contributed by atoms with E-state index in [1.54, 1.807) is 7.11 Å². The summed E-state index contributed by atoms with van der Waals surface area (Å²) in [5.74, 6) is 1.10. The van der Waals surface area contributed by atoms with E-state index >= 15 is 0 Å². The number of hydrogen-bond acceptors (Lipinski definition) is 5. The van der Waals surface area contributed by atoms with Crippen LogP contribution < -0.4 is 9.80 Å². The lowest BCUT2D eigenvalue weighted by molar-refractivity contribution is 0.243. The molecule has 16 heavy (non-hydrogen) atoms. The average Bonchev–Trinajstić information content (AvgIpc) is 2.83. The molecule has 0 aliphatic rings. The summed E-state index contributed by atoms with van der Waals surface area (Å²) in [7, 11) is 1.61. The molecule has 2 rings (SSSR count). The van der Waals surface area contributed by atoms with Crippen LogP contribution in [0.5, 0.6) is 5.75 Å². The van der Waals surface area contributed by atoms with Crippen molar-refractivity contribution in [3.8, 4) is 5.75 Å². The topological polar surface area (TPSA) is 74.3 Å². The zero-order chi connectivity index (χ0) is 11.4. The van der Waals surface area contributed by atoms with Crippen molar-refractivity contribution in [1.29, 1.82) is 0 Å². The molecule has 6 heteroatoms. The summed E-state index contributed by atoms with van der Waals surface area (Å²) in [6.45, 7) is 0.333. The Morgan fingerprint density at radius 1 is 1.38 bits per heavy atom. The minimum absolute atomic E-state index is 0.316. The zero-order valence-electron chi connectivity index (χ0n) is 8.79. The van der Waals surface area contributed by atoms with E-state index in [2.05, 4.69) is 15.2 Å². The fourth-order valence-electron chi connectivity index (χ4n) is 1.30. The van der Waals surface area contributed by atoms with E-state index < -0.39 is 0 Å². The molecule has 2 N–H and O–H groups in total. The molecule has 1 aromatic heterocycles. The van der Waals surface area contributed by atoms with Crippen molar-refractivity contribution in [1.82, 2.24) is 15.2 Å². The number of nitrogens with one attached hydrogen (secondary N) is 1. The lowest BCUT2D eigenvalue weighted by Crippen LogP contribution is -2.18. The van der Waals surface area contributed by atoms with Crippen molar-refractivity contribution in [2.45, 2.75) is 6.54 Å². The standard InChI is InChI=1S/C10H12N4O2/c1-16-9-4-2-8(3-5-9)6-14(15)10-11-7-12-13-10/h2-5,7,15H,6H2,1H3,(H,11,12,13). The van der Waals surface area contributed by atoms with Crippen molar-refractivity contribution in [3.05, 3.63) is 36.2 Å². The van der Waals surface area contributed by atoms with Gasteiger partial charge in [0, 0.05) is 0 Å². The van der Waals surface area contributed by atoms with Crippen molar-refractivity contribution in [3.63, 3.8) is 0 Å². The highest BCUT2D eigenvalue weighted by Crippen LogP contribution is 2.13. The predicted molar refractivity (Wildman–Crippen MR) is 57.3 cm³/mol. The summed E-state index contributed by atoms with van der Waals surface area (Å²) in [5.41, 5.74) is 0.944. The van der Waals surface area contributed by atoms with Gasteiger partial charge in [-0.2, -0.15) is 10.1 Å². The van der Waals surface area contributed by atoms with Gasteiger partial charge in [0.05, 0.1) is 13.7 Å². The molecule has 0 aliphatic carbocycles. The van der Waals surface area contributed by atoms with E-state index in [1.807, 2.05) is 24.3 Å². The summed E-state index contributed by atoms with van der Waals surface area (Å²) in [5, 5.41) is 16.9. The Labute approximate surface area is 92.5 Å². The molecule has 2 aromatic rings. The summed E-state index contributed by atoms with van der Waals surface area (Å²) < 4.78 is 5.04. The third-order valence-electron chi connectivity index (χ3n) is 2.14. The first-order valence-corrected chi connectivity index (χ1v) is 4.74. The monoisotopic (exact) mass is 220 g/mol. The molecule has 1 aromatic carbocycles. The maximum absolute atomic E-state index is 9.66. The van der Waals surface area contributed by atoms with Gasteiger partial charge >= 0.3 is 0 Å². The molecule has 0 spiro atoms. The zero-order valence-corrected chi connectivity index (χ0v) is 8.79. The third-order valence-corrected chi connectivity index (χ3v) is 2.14. The molecule has 0 atom stereocenters. The summed E-state index contributed by atoms with van der Waals surface area (Å²) in [6.07, 6.45) is 1.34. The highest BCUT2D eigenvalue weighted by Gasteiger charge is 2.06. The maximum Gasteiger partial charge on any atom is 0.245 e. The second-order valence-corrected chi connectivity index (χ2v) is 3.21.